The van der Waals surface area contributed by atoms with Crippen LogP contribution in [0.3, 0.4) is 0 Å². The summed E-state index contributed by atoms with van der Waals surface area (Å²) in [4.78, 5) is -0.121. The molecule has 0 saturated carbocycles. The number of halogens is 4. The van der Waals surface area contributed by atoms with Crippen LogP contribution in [0.15, 0.2) is 53.9 Å². The van der Waals surface area contributed by atoms with Crippen molar-refractivity contribution in [2.75, 3.05) is 10.8 Å². The summed E-state index contributed by atoms with van der Waals surface area (Å²) < 4.78 is 27.1. The minimum absolute atomic E-state index is 0.00869. The number of hydrogen-bond acceptors (Lipinski definition) is 2. The lowest BCUT2D eigenvalue weighted by Gasteiger charge is -2.25. The molecule has 0 aliphatic rings. The Morgan fingerprint density at radius 2 is 1.52 bits per heavy atom. The molecule has 0 heterocycles. The highest BCUT2D eigenvalue weighted by Gasteiger charge is 2.28. The molecular weight excluding hydrogens is 400 g/mol. The maximum Gasteiger partial charge on any atom is 0.266 e. The van der Waals surface area contributed by atoms with Crippen LogP contribution in [0.1, 0.15) is 0 Å². The van der Waals surface area contributed by atoms with Crippen LogP contribution in [0.25, 0.3) is 0 Å². The first-order chi connectivity index (χ1) is 10.8. The monoisotopic (exact) mass is 409 g/mol. The van der Waals surface area contributed by atoms with Crippen LogP contribution < -0.4 is 4.31 Å². The highest BCUT2D eigenvalue weighted by Crippen LogP contribution is 2.35. The fourth-order valence-corrected chi connectivity index (χ4v) is 4.54. The van der Waals surface area contributed by atoms with Crippen molar-refractivity contribution in [1.82, 2.24) is 0 Å². The fraction of sp³-hybridized carbons (Fsp3) is 0.0667. The van der Waals surface area contributed by atoms with Crippen molar-refractivity contribution >= 4 is 62.1 Å². The zero-order valence-corrected chi connectivity index (χ0v) is 15.5. The summed E-state index contributed by atoms with van der Waals surface area (Å²) in [5.41, 5.74) is 0.232. The van der Waals surface area contributed by atoms with Gasteiger partial charge in [-0.25, -0.2) is 8.42 Å². The SMILES string of the molecule is C=CCN(c1cc(Cl)ccc1Cl)S(=O)(=O)c1cc(Cl)ccc1Cl. The van der Waals surface area contributed by atoms with Gasteiger partial charge in [0.25, 0.3) is 10.0 Å². The quantitative estimate of drug-likeness (QED) is 0.594. The summed E-state index contributed by atoms with van der Waals surface area (Å²) in [6.45, 7) is 3.58. The molecule has 23 heavy (non-hydrogen) atoms. The van der Waals surface area contributed by atoms with Gasteiger partial charge in [-0.05, 0) is 36.4 Å². The van der Waals surface area contributed by atoms with Crippen LogP contribution in [0.5, 0.6) is 0 Å². The Hall–Kier alpha value is -0.910. The molecule has 0 saturated heterocycles. The zero-order chi connectivity index (χ0) is 17.2. The van der Waals surface area contributed by atoms with Crippen molar-refractivity contribution in [1.29, 1.82) is 0 Å². The molecule has 0 N–H and O–H groups in total. The Kier molecular flexibility index (Phi) is 5.87. The molecule has 0 spiro atoms. The molecule has 0 fully saturated rings. The van der Waals surface area contributed by atoms with E-state index in [4.69, 9.17) is 46.4 Å². The maximum atomic E-state index is 13.0. The lowest BCUT2D eigenvalue weighted by molar-refractivity contribution is 0.593. The van der Waals surface area contributed by atoms with Crippen LogP contribution in [0.2, 0.25) is 20.1 Å². The minimum Gasteiger partial charge on any atom is -0.261 e. The Balaban J connectivity index is 2.67. The lowest BCUT2D eigenvalue weighted by Crippen LogP contribution is -2.31. The highest BCUT2D eigenvalue weighted by atomic mass is 35.5. The molecule has 0 atom stereocenters. The maximum absolute atomic E-state index is 13.0. The van der Waals surface area contributed by atoms with Crippen molar-refractivity contribution in [2.24, 2.45) is 0 Å². The van der Waals surface area contributed by atoms with Gasteiger partial charge in [-0.1, -0.05) is 52.5 Å². The molecule has 0 radical (unpaired) electrons. The Labute approximate surface area is 155 Å². The molecule has 8 heteroatoms. The Morgan fingerprint density at radius 3 is 2.13 bits per heavy atom. The number of benzene rings is 2. The molecule has 0 aromatic heterocycles. The van der Waals surface area contributed by atoms with Gasteiger partial charge in [0.2, 0.25) is 0 Å². The summed E-state index contributed by atoms with van der Waals surface area (Å²) in [6, 6.07) is 8.76. The molecule has 0 amide bonds. The van der Waals surface area contributed by atoms with Crippen molar-refractivity contribution in [3.8, 4) is 0 Å². The lowest BCUT2D eigenvalue weighted by atomic mass is 10.3. The third-order valence-corrected chi connectivity index (χ3v) is 5.98. The number of rotatable bonds is 5. The van der Waals surface area contributed by atoms with Gasteiger partial charge in [-0.3, -0.25) is 4.31 Å². The van der Waals surface area contributed by atoms with Crippen LogP contribution in [-0.4, -0.2) is 15.0 Å². The molecule has 2 aromatic rings. The van der Waals surface area contributed by atoms with Crippen molar-refractivity contribution in [3.05, 3.63) is 69.1 Å². The van der Waals surface area contributed by atoms with Crippen molar-refractivity contribution < 1.29 is 8.42 Å². The van der Waals surface area contributed by atoms with E-state index in [2.05, 4.69) is 6.58 Å². The molecule has 2 aromatic carbocycles. The van der Waals surface area contributed by atoms with E-state index in [0.717, 1.165) is 4.31 Å². The molecule has 0 bridgehead atoms. The summed E-state index contributed by atoms with van der Waals surface area (Å²) in [5, 5.41) is 0.897. The summed E-state index contributed by atoms with van der Waals surface area (Å²) in [5.74, 6) is 0. The number of hydrogen-bond donors (Lipinski definition) is 0. The molecule has 122 valence electrons. The first-order valence-corrected chi connectivity index (χ1v) is 9.26. The Morgan fingerprint density at radius 1 is 0.957 bits per heavy atom. The number of sulfonamides is 1. The van der Waals surface area contributed by atoms with Crippen molar-refractivity contribution in [2.45, 2.75) is 4.90 Å². The molecule has 0 aliphatic carbocycles. The fourth-order valence-electron chi connectivity index (χ4n) is 1.91. The van der Waals surface area contributed by atoms with E-state index >= 15 is 0 Å². The minimum atomic E-state index is -4.01. The van der Waals surface area contributed by atoms with Gasteiger partial charge in [-0.15, -0.1) is 6.58 Å². The topological polar surface area (TPSA) is 37.4 Å². The highest BCUT2D eigenvalue weighted by molar-refractivity contribution is 7.93. The normalized spacial score (nSPS) is 11.3. The summed E-state index contributed by atoms with van der Waals surface area (Å²) in [7, 11) is -4.01. The van der Waals surface area contributed by atoms with E-state index in [1.54, 1.807) is 6.07 Å². The van der Waals surface area contributed by atoms with E-state index in [9.17, 15) is 8.42 Å². The first-order valence-electron chi connectivity index (χ1n) is 6.31. The smallest absolute Gasteiger partial charge is 0.261 e. The second-order valence-electron chi connectivity index (χ2n) is 4.50. The second-order valence-corrected chi connectivity index (χ2v) is 8.01. The molecule has 0 aliphatic heterocycles. The largest absolute Gasteiger partial charge is 0.266 e. The molecule has 0 unspecified atom stereocenters. The average Bonchev–Trinajstić information content (AvgIpc) is 2.49. The van der Waals surface area contributed by atoms with Crippen LogP contribution in [0, 0.1) is 0 Å². The predicted molar refractivity (Wildman–Crippen MR) is 97.7 cm³/mol. The average molecular weight is 411 g/mol. The van der Waals surface area contributed by atoms with E-state index in [1.807, 2.05) is 0 Å². The standard InChI is InChI=1S/C15H11Cl4NO2S/c1-2-7-20(14-8-10(16)3-5-12(14)18)23(21,22)15-9-11(17)4-6-13(15)19/h2-6,8-9H,1,7H2. The van der Waals surface area contributed by atoms with Gasteiger partial charge in [0, 0.05) is 10.0 Å². The van der Waals surface area contributed by atoms with Gasteiger partial charge >= 0.3 is 0 Å². The zero-order valence-electron chi connectivity index (χ0n) is 11.6. The van der Waals surface area contributed by atoms with Crippen LogP contribution in [-0.2, 0) is 10.0 Å². The molecule has 2 rings (SSSR count). The molecular formula is C15H11Cl4NO2S. The van der Waals surface area contributed by atoms with E-state index in [1.165, 1.54) is 36.4 Å². The van der Waals surface area contributed by atoms with Gasteiger partial charge < -0.3 is 0 Å². The van der Waals surface area contributed by atoms with Gasteiger partial charge in [0.05, 0.1) is 22.3 Å². The van der Waals surface area contributed by atoms with Gasteiger partial charge in [0.1, 0.15) is 4.90 Å². The van der Waals surface area contributed by atoms with Gasteiger partial charge in [0.15, 0.2) is 0 Å². The molecule has 3 nitrogen and oxygen atoms in total. The Bertz CT molecular complexity index is 853. The van der Waals surface area contributed by atoms with Crippen LogP contribution in [0.4, 0.5) is 5.69 Å². The first kappa shape index (κ1) is 18.4. The third-order valence-electron chi connectivity index (χ3n) is 2.93. The van der Waals surface area contributed by atoms with Crippen LogP contribution >= 0.6 is 46.4 Å². The van der Waals surface area contributed by atoms with Gasteiger partial charge in [-0.2, -0.15) is 0 Å². The van der Waals surface area contributed by atoms with E-state index in [-0.39, 0.29) is 32.2 Å². The second kappa shape index (κ2) is 7.32. The number of nitrogens with zero attached hydrogens (tertiary/aromatic N) is 1. The number of anilines is 1. The van der Waals surface area contributed by atoms with E-state index < -0.39 is 10.0 Å². The predicted octanol–water partition coefficient (Wildman–Crippen LogP) is 5.68. The third kappa shape index (κ3) is 3.95. The van der Waals surface area contributed by atoms with Crippen molar-refractivity contribution in [3.63, 3.8) is 0 Å². The summed E-state index contributed by atoms with van der Waals surface area (Å²) in [6.07, 6.45) is 1.44. The van der Waals surface area contributed by atoms with E-state index in [0.29, 0.717) is 5.02 Å². The summed E-state index contributed by atoms with van der Waals surface area (Å²) >= 11 is 24.0.